The van der Waals surface area contributed by atoms with Gasteiger partial charge in [0.15, 0.2) is 5.78 Å². The Morgan fingerprint density at radius 1 is 1.33 bits per heavy atom. The highest BCUT2D eigenvalue weighted by molar-refractivity contribution is 6.00. The van der Waals surface area contributed by atoms with E-state index < -0.39 is 0 Å². The Bertz CT molecular complexity index is 413. The molecule has 0 fully saturated rings. The minimum absolute atomic E-state index is 0.140. The molecule has 15 heavy (non-hydrogen) atoms. The van der Waals surface area contributed by atoms with Crippen molar-refractivity contribution in [1.29, 1.82) is 0 Å². The molecule has 2 rings (SSSR count). The van der Waals surface area contributed by atoms with Gasteiger partial charge in [0.25, 0.3) is 0 Å². The van der Waals surface area contributed by atoms with E-state index in [2.05, 4.69) is 9.97 Å². The molecule has 4 heteroatoms. The highest BCUT2D eigenvalue weighted by Crippen LogP contribution is 2.24. The number of aromatic nitrogens is 2. The van der Waals surface area contributed by atoms with Gasteiger partial charge >= 0.3 is 0 Å². The molecule has 0 radical (unpaired) electrons. The van der Waals surface area contributed by atoms with E-state index in [0.717, 1.165) is 17.9 Å². The molecular weight excluding hydrogens is 190 g/mol. The molecule has 0 unspecified atom stereocenters. The van der Waals surface area contributed by atoms with Crippen LogP contribution in [0.2, 0.25) is 0 Å². The van der Waals surface area contributed by atoms with Gasteiger partial charge in [-0.2, -0.15) is 0 Å². The predicted octanol–water partition coefficient (Wildman–Crippen LogP) is 1.19. The molecule has 0 aromatic carbocycles. The molecule has 1 aliphatic rings. The zero-order chi connectivity index (χ0) is 11.0. The summed E-state index contributed by atoms with van der Waals surface area (Å²) in [4.78, 5) is 20.4. The molecule has 80 valence electrons. The average Bonchev–Trinajstić information content (AvgIpc) is 2.59. The van der Waals surface area contributed by atoms with E-state index >= 15 is 0 Å². The van der Waals surface area contributed by atoms with Gasteiger partial charge in [-0.05, 0) is 6.42 Å². The van der Waals surface area contributed by atoms with Crippen LogP contribution in [0.25, 0.3) is 0 Å². The van der Waals surface area contributed by atoms with Gasteiger partial charge in [0, 0.05) is 18.9 Å². The van der Waals surface area contributed by atoms with E-state index in [-0.39, 0.29) is 11.7 Å². The summed E-state index contributed by atoms with van der Waals surface area (Å²) in [6, 6.07) is 0. The van der Waals surface area contributed by atoms with Crippen LogP contribution < -0.4 is 5.73 Å². The van der Waals surface area contributed by atoms with Crippen LogP contribution in [0, 0.1) is 0 Å². The van der Waals surface area contributed by atoms with Gasteiger partial charge in [-0.15, -0.1) is 0 Å². The third-order valence-corrected chi connectivity index (χ3v) is 2.65. The van der Waals surface area contributed by atoms with Crippen LogP contribution in [0.5, 0.6) is 0 Å². The SMILES string of the molecule is CC(C)c1nc(CN)c2c(n1)CCC2=O. The topological polar surface area (TPSA) is 68.9 Å². The van der Waals surface area contributed by atoms with Crippen LogP contribution in [0.15, 0.2) is 0 Å². The number of carbonyl (C=O) groups is 1. The van der Waals surface area contributed by atoms with E-state index in [0.29, 0.717) is 24.2 Å². The number of rotatable bonds is 2. The molecule has 0 bridgehead atoms. The standard InChI is InChI=1S/C11H15N3O/c1-6(2)11-13-7-3-4-9(15)10(7)8(5-12)14-11/h6H,3-5,12H2,1-2H3. The van der Waals surface area contributed by atoms with E-state index in [9.17, 15) is 4.79 Å². The highest BCUT2D eigenvalue weighted by Gasteiger charge is 2.26. The fourth-order valence-corrected chi connectivity index (χ4v) is 1.85. The van der Waals surface area contributed by atoms with Crippen molar-refractivity contribution in [3.05, 3.63) is 22.8 Å². The molecule has 1 aromatic heterocycles. The summed E-state index contributed by atoms with van der Waals surface area (Å²) >= 11 is 0. The maximum atomic E-state index is 11.6. The van der Waals surface area contributed by atoms with Crippen LogP contribution in [-0.4, -0.2) is 15.8 Å². The Hall–Kier alpha value is -1.29. The van der Waals surface area contributed by atoms with Crippen molar-refractivity contribution in [2.75, 3.05) is 0 Å². The van der Waals surface area contributed by atoms with Crippen molar-refractivity contribution in [1.82, 2.24) is 9.97 Å². The average molecular weight is 205 g/mol. The van der Waals surface area contributed by atoms with Crippen molar-refractivity contribution < 1.29 is 4.79 Å². The van der Waals surface area contributed by atoms with Crippen molar-refractivity contribution in [3.63, 3.8) is 0 Å². The second-order valence-corrected chi connectivity index (χ2v) is 4.13. The molecule has 0 aliphatic heterocycles. The Balaban J connectivity index is 2.57. The first kappa shape index (κ1) is 10.2. The number of aryl methyl sites for hydroxylation is 1. The second-order valence-electron chi connectivity index (χ2n) is 4.13. The number of ketones is 1. The van der Waals surface area contributed by atoms with E-state index in [1.165, 1.54) is 0 Å². The van der Waals surface area contributed by atoms with Gasteiger partial charge in [-0.1, -0.05) is 13.8 Å². The van der Waals surface area contributed by atoms with Crippen molar-refractivity contribution >= 4 is 5.78 Å². The summed E-state index contributed by atoms with van der Waals surface area (Å²) in [5, 5.41) is 0. The predicted molar refractivity (Wildman–Crippen MR) is 56.7 cm³/mol. The maximum Gasteiger partial charge on any atom is 0.166 e. The Morgan fingerprint density at radius 2 is 2.07 bits per heavy atom. The largest absolute Gasteiger partial charge is 0.325 e. The number of carbonyl (C=O) groups excluding carboxylic acids is 1. The first-order valence-corrected chi connectivity index (χ1v) is 5.26. The van der Waals surface area contributed by atoms with Crippen molar-refractivity contribution in [3.8, 4) is 0 Å². The lowest BCUT2D eigenvalue weighted by molar-refractivity contribution is 0.0993. The zero-order valence-corrected chi connectivity index (χ0v) is 9.08. The molecule has 0 spiro atoms. The summed E-state index contributed by atoms with van der Waals surface area (Å²) in [6.45, 7) is 4.40. The molecule has 4 nitrogen and oxygen atoms in total. The molecule has 0 atom stereocenters. The fourth-order valence-electron chi connectivity index (χ4n) is 1.85. The molecule has 1 aliphatic carbocycles. The van der Waals surface area contributed by atoms with E-state index in [1.807, 2.05) is 13.8 Å². The van der Waals surface area contributed by atoms with Crippen LogP contribution in [0.1, 0.15) is 53.8 Å². The molecular formula is C11H15N3O. The van der Waals surface area contributed by atoms with Gasteiger partial charge in [-0.3, -0.25) is 4.79 Å². The summed E-state index contributed by atoms with van der Waals surface area (Å²) in [6.07, 6.45) is 1.29. The van der Waals surface area contributed by atoms with Gasteiger partial charge in [0.2, 0.25) is 0 Å². The van der Waals surface area contributed by atoms with Crippen molar-refractivity contribution in [2.45, 2.75) is 39.2 Å². The number of nitrogens with two attached hydrogens (primary N) is 1. The highest BCUT2D eigenvalue weighted by atomic mass is 16.1. The maximum absolute atomic E-state index is 11.6. The molecule has 0 saturated carbocycles. The van der Waals surface area contributed by atoms with Crippen LogP contribution in [-0.2, 0) is 13.0 Å². The third kappa shape index (κ3) is 1.65. The monoisotopic (exact) mass is 205 g/mol. The smallest absolute Gasteiger partial charge is 0.166 e. The Labute approximate surface area is 88.9 Å². The van der Waals surface area contributed by atoms with Gasteiger partial charge in [-0.25, -0.2) is 9.97 Å². The number of hydrogen-bond acceptors (Lipinski definition) is 4. The molecule has 0 amide bonds. The Morgan fingerprint density at radius 3 is 2.67 bits per heavy atom. The quantitative estimate of drug-likeness (QED) is 0.787. The summed E-state index contributed by atoms with van der Waals surface area (Å²) in [5.41, 5.74) is 7.90. The number of Topliss-reactive ketones (excluding diaryl/α,β-unsaturated/α-hetero) is 1. The summed E-state index contributed by atoms with van der Waals surface area (Å²) < 4.78 is 0. The number of hydrogen-bond donors (Lipinski definition) is 1. The normalized spacial score (nSPS) is 14.8. The molecule has 0 saturated heterocycles. The number of fused-ring (bicyclic) bond motifs is 1. The first-order valence-electron chi connectivity index (χ1n) is 5.26. The third-order valence-electron chi connectivity index (χ3n) is 2.65. The molecule has 1 aromatic rings. The van der Waals surface area contributed by atoms with Crippen LogP contribution >= 0.6 is 0 Å². The summed E-state index contributed by atoms with van der Waals surface area (Å²) in [7, 11) is 0. The van der Waals surface area contributed by atoms with Crippen LogP contribution in [0.3, 0.4) is 0 Å². The molecule has 1 heterocycles. The Kier molecular flexibility index (Phi) is 2.52. The van der Waals surface area contributed by atoms with Crippen LogP contribution in [0.4, 0.5) is 0 Å². The van der Waals surface area contributed by atoms with E-state index in [1.54, 1.807) is 0 Å². The second kappa shape index (κ2) is 3.70. The van der Waals surface area contributed by atoms with Gasteiger partial charge in [0.05, 0.1) is 17.0 Å². The summed E-state index contributed by atoms with van der Waals surface area (Å²) in [5.74, 6) is 1.21. The fraction of sp³-hybridized carbons (Fsp3) is 0.545. The first-order chi connectivity index (χ1) is 7.13. The lowest BCUT2D eigenvalue weighted by Gasteiger charge is -2.09. The minimum atomic E-state index is 0.140. The molecule has 2 N–H and O–H groups in total. The van der Waals surface area contributed by atoms with Gasteiger partial charge in [0.1, 0.15) is 5.82 Å². The zero-order valence-electron chi connectivity index (χ0n) is 9.08. The number of nitrogens with zero attached hydrogens (tertiary/aromatic N) is 2. The van der Waals surface area contributed by atoms with Gasteiger partial charge < -0.3 is 5.73 Å². The van der Waals surface area contributed by atoms with E-state index in [4.69, 9.17) is 5.73 Å². The minimum Gasteiger partial charge on any atom is -0.325 e. The lowest BCUT2D eigenvalue weighted by Crippen LogP contribution is -2.12. The lowest BCUT2D eigenvalue weighted by atomic mass is 10.1. The van der Waals surface area contributed by atoms with Crippen molar-refractivity contribution in [2.24, 2.45) is 5.73 Å².